The standard InChI is InChI=1S/C9H11ClF3N3/c1-8(2,5-10)16-7-14-4-3-6(15-7)9(11,12)13/h3-4H,5H2,1-2H3,(H,14,15,16). The van der Waals surface area contributed by atoms with Crippen molar-refractivity contribution in [3.05, 3.63) is 18.0 Å². The Balaban J connectivity index is 2.92. The molecule has 90 valence electrons. The molecule has 0 saturated carbocycles. The van der Waals surface area contributed by atoms with Gasteiger partial charge in [0.05, 0.1) is 0 Å². The first kappa shape index (κ1) is 13.0. The second kappa shape index (κ2) is 4.45. The lowest BCUT2D eigenvalue weighted by Gasteiger charge is -2.23. The van der Waals surface area contributed by atoms with Crippen molar-refractivity contribution in [2.45, 2.75) is 25.6 Å². The van der Waals surface area contributed by atoms with Gasteiger partial charge >= 0.3 is 6.18 Å². The zero-order valence-electron chi connectivity index (χ0n) is 8.77. The molecule has 3 nitrogen and oxygen atoms in total. The average molecular weight is 254 g/mol. The van der Waals surface area contributed by atoms with Gasteiger partial charge in [0.1, 0.15) is 5.69 Å². The highest BCUT2D eigenvalue weighted by Crippen LogP contribution is 2.27. The molecule has 16 heavy (non-hydrogen) atoms. The molecule has 0 radical (unpaired) electrons. The zero-order chi connectivity index (χ0) is 12.4. The van der Waals surface area contributed by atoms with Crippen molar-refractivity contribution in [1.82, 2.24) is 9.97 Å². The number of nitrogens with one attached hydrogen (secondary N) is 1. The molecule has 0 aliphatic heterocycles. The average Bonchev–Trinajstić information content (AvgIpc) is 2.16. The van der Waals surface area contributed by atoms with E-state index in [0.717, 1.165) is 12.3 Å². The van der Waals surface area contributed by atoms with Crippen LogP contribution in [0.25, 0.3) is 0 Å². The lowest BCUT2D eigenvalue weighted by atomic mass is 10.1. The van der Waals surface area contributed by atoms with Crippen molar-refractivity contribution >= 4 is 17.5 Å². The summed E-state index contributed by atoms with van der Waals surface area (Å²) in [5.41, 5.74) is -1.54. The predicted molar refractivity (Wildman–Crippen MR) is 55.5 cm³/mol. The van der Waals surface area contributed by atoms with Crippen LogP contribution in [0.1, 0.15) is 19.5 Å². The molecule has 0 aliphatic rings. The highest BCUT2D eigenvalue weighted by atomic mass is 35.5. The molecule has 0 fully saturated rings. The molecule has 0 aliphatic carbocycles. The summed E-state index contributed by atoms with van der Waals surface area (Å²) >= 11 is 5.63. The van der Waals surface area contributed by atoms with Gasteiger partial charge in [0.2, 0.25) is 5.95 Å². The first-order valence-electron chi connectivity index (χ1n) is 4.49. The van der Waals surface area contributed by atoms with Gasteiger partial charge in [-0.25, -0.2) is 9.97 Å². The van der Waals surface area contributed by atoms with Gasteiger partial charge in [0.25, 0.3) is 0 Å². The first-order chi connectivity index (χ1) is 7.24. The fourth-order valence-electron chi connectivity index (χ4n) is 0.913. The van der Waals surface area contributed by atoms with Crippen LogP contribution in [0.4, 0.5) is 19.1 Å². The number of alkyl halides is 4. The van der Waals surface area contributed by atoms with E-state index in [1.165, 1.54) is 0 Å². The van der Waals surface area contributed by atoms with Gasteiger partial charge in [-0.05, 0) is 19.9 Å². The van der Waals surface area contributed by atoms with Crippen LogP contribution in [0.3, 0.4) is 0 Å². The minimum absolute atomic E-state index is 0.0829. The van der Waals surface area contributed by atoms with Crippen LogP contribution < -0.4 is 5.32 Å². The van der Waals surface area contributed by atoms with E-state index in [9.17, 15) is 13.2 Å². The Morgan fingerprint density at radius 1 is 1.38 bits per heavy atom. The summed E-state index contributed by atoms with van der Waals surface area (Å²) in [5.74, 6) is 0.146. The SMILES string of the molecule is CC(C)(CCl)Nc1nccc(C(F)(F)F)n1. The number of aromatic nitrogens is 2. The molecule has 1 N–H and O–H groups in total. The Hall–Kier alpha value is -1.04. The molecule has 1 heterocycles. The highest BCUT2D eigenvalue weighted by molar-refractivity contribution is 6.18. The third kappa shape index (κ3) is 3.52. The normalized spacial score (nSPS) is 12.6. The van der Waals surface area contributed by atoms with Crippen LogP contribution in [-0.4, -0.2) is 21.4 Å². The molecule has 0 spiro atoms. The largest absolute Gasteiger partial charge is 0.433 e. The number of rotatable bonds is 3. The van der Waals surface area contributed by atoms with Crippen molar-refractivity contribution in [2.75, 3.05) is 11.2 Å². The van der Waals surface area contributed by atoms with E-state index in [0.29, 0.717) is 0 Å². The number of hydrogen-bond acceptors (Lipinski definition) is 3. The molecule has 0 bridgehead atoms. The monoisotopic (exact) mass is 253 g/mol. The maximum absolute atomic E-state index is 12.3. The van der Waals surface area contributed by atoms with Gasteiger partial charge in [0.15, 0.2) is 0 Å². The Bertz CT molecular complexity index is 365. The fraction of sp³-hybridized carbons (Fsp3) is 0.556. The van der Waals surface area contributed by atoms with Crippen molar-refractivity contribution in [3.8, 4) is 0 Å². The highest BCUT2D eigenvalue weighted by Gasteiger charge is 2.33. The molecule has 1 rings (SSSR count). The van der Waals surface area contributed by atoms with Gasteiger partial charge < -0.3 is 5.32 Å². The third-order valence-electron chi connectivity index (χ3n) is 1.73. The zero-order valence-corrected chi connectivity index (χ0v) is 9.52. The maximum atomic E-state index is 12.3. The number of hydrogen-bond donors (Lipinski definition) is 1. The van der Waals surface area contributed by atoms with Gasteiger partial charge in [0, 0.05) is 17.6 Å². The van der Waals surface area contributed by atoms with Crippen LogP contribution in [0, 0.1) is 0 Å². The van der Waals surface area contributed by atoms with Crippen LogP contribution in [0.2, 0.25) is 0 Å². The molecular formula is C9H11ClF3N3. The smallest absolute Gasteiger partial charge is 0.348 e. The third-order valence-corrected chi connectivity index (χ3v) is 2.40. The van der Waals surface area contributed by atoms with Crippen LogP contribution >= 0.6 is 11.6 Å². The molecular weight excluding hydrogens is 243 g/mol. The molecule has 0 amide bonds. The Morgan fingerprint density at radius 2 is 2.00 bits per heavy atom. The number of nitrogens with zero attached hydrogens (tertiary/aromatic N) is 2. The summed E-state index contributed by atoms with van der Waals surface area (Å²) in [6.07, 6.45) is -3.41. The van der Waals surface area contributed by atoms with Crippen molar-refractivity contribution in [3.63, 3.8) is 0 Å². The van der Waals surface area contributed by atoms with E-state index < -0.39 is 17.4 Å². The Kier molecular flexibility index (Phi) is 3.62. The van der Waals surface area contributed by atoms with Gasteiger partial charge in [-0.3, -0.25) is 0 Å². The summed E-state index contributed by atoms with van der Waals surface area (Å²) in [5, 5.41) is 2.73. The summed E-state index contributed by atoms with van der Waals surface area (Å²) in [6, 6.07) is 0.818. The Labute approximate surface area is 96.0 Å². The lowest BCUT2D eigenvalue weighted by molar-refractivity contribution is -0.141. The van der Waals surface area contributed by atoms with Gasteiger partial charge in [-0.1, -0.05) is 0 Å². The quantitative estimate of drug-likeness (QED) is 0.842. The summed E-state index contributed by atoms with van der Waals surface area (Å²) in [4.78, 5) is 7.08. The number of halogens is 4. The second-order valence-electron chi connectivity index (χ2n) is 3.91. The lowest BCUT2D eigenvalue weighted by Crippen LogP contribution is -2.33. The first-order valence-corrected chi connectivity index (χ1v) is 5.02. The van der Waals surface area contributed by atoms with E-state index in [-0.39, 0.29) is 11.8 Å². The van der Waals surface area contributed by atoms with Crippen LogP contribution in [-0.2, 0) is 6.18 Å². The molecule has 7 heteroatoms. The minimum atomic E-state index is -4.47. The Morgan fingerprint density at radius 3 is 2.50 bits per heavy atom. The number of anilines is 1. The maximum Gasteiger partial charge on any atom is 0.433 e. The van der Waals surface area contributed by atoms with Crippen LogP contribution in [0.5, 0.6) is 0 Å². The molecule has 0 saturated heterocycles. The van der Waals surface area contributed by atoms with Crippen molar-refractivity contribution in [2.24, 2.45) is 0 Å². The molecule has 0 atom stereocenters. The predicted octanol–water partition coefficient (Wildman–Crippen LogP) is 2.92. The second-order valence-corrected chi connectivity index (χ2v) is 4.17. The molecule has 1 aromatic heterocycles. The van der Waals surface area contributed by atoms with Crippen molar-refractivity contribution < 1.29 is 13.2 Å². The molecule has 1 aromatic rings. The van der Waals surface area contributed by atoms with Crippen molar-refractivity contribution in [1.29, 1.82) is 0 Å². The van der Waals surface area contributed by atoms with Gasteiger partial charge in [-0.15, -0.1) is 11.6 Å². The van der Waals surface area contributed by atoms with Crippen LogP contribution in [0.15, 0.2) is 12.3 Å². The van der Waals surface area contributed by atoms with E-state index in [4.69, 9.17) is 11.6 Å². The minimum Gasteiger partial charge on any atom is -0.348 e. The summed E-state index contributed by atoms with van der Waals surface area (Å²) in [7, 11) is 0. The fourth-order valence-corrected chi connectivity index (χ4v) is 0.980. The van der Waals surface area contributed by atoms with E-state index in [1.807, 2.05) is 0 Å². The summed E-state index contributed by atoms with van der Waals surface area (Å²) < 4.78 is 37.0. The molecule has 0 unspecified atom stereocenters. The molecule has 0 aromatic carbocycles. The topological polar surface area (TPSA) is 37.8 Å². The van der Waals surface area contributed by atoms with E-state index in [1.54, 1.807) is 13.8 Å². The summed E-state index contributed by atoms with van der Waals surface area (Å²) in [6.45, 7) is 3.48. The van der Waals surface area contributed by atoms with E-state index in [2.05, 4.69) is 15.3 Å². The van der Waals surface area contributed by atoms with E-state index >= 15 is 0 Å². The van der Waals surface area contributed by atoms with Gasteiger partial charge in [-0.2, -0.15) is 13.2 Å².